The molecule has 2 aromatic carbocycles. The van der Waals surface area contributed by atoms with E-state index in [1.54, 1.807) is 44.7 Å². The van der Waals surface area contributed by atoms with Gasteiger partial charge in [0.15, 0.2) is 5.65 Å². The van der Waals surface area contributed by atoms with Gasteiger partial charge in [-0.1, -0.05) is 39.0 Å². The Labute approximate surface area is 194 Å². The number of benzene rings is 2. The number of fused-ring (bicyclic) bond motifs is 1. The molecule has 0 unspecified atom stereocenters. The molecule has 176 valence electrons. The number of imidazole rings is 1. The monoisotopic (exact) mass is 468 g/mol. The lowest BCUT2D eigenvalue weighted by Crippen LogP contribution is -2.28. The highest BCUT2D eigenvalue weighted by Crippen LogP contribution is 2.38. The average Bonchev–Trinajstić information content (AvgIpc) is 3.21. The van der Waals surface area contributed by atoms with E-state index in [0.29, 0.717) is 28.3 Å². The number of alkyl halides is 3. The Bertz CT molecular complexity index is 1370. The van der Waals surface area contributed by atoms with Crippen LogP contribution < -0.4 is 10.1 Å². The van der Waals surface area contributed by atoms with E-state index >= 15 is 0 Å². The molecule has 2 heterocycles. The SMILES string of the molecule is COc1cccc(-c2ccc3nc(-c4ccc(C(F)(F)F)c(NC(=O)C(C)(C)C)c4)cn3n2)c1. The summed E-state index contributed by atoms with van der Waals surface area (Å²) >= 11 is 0. The van der Waals surface area contributed by atoms with Crippen molar-refractivity contribution in [3.63, 3.8) is 0 Å². The summed E-state index contributed by atoms with van der Waals surface area (Å²) in [6.45, 7) is 4.90. The third-order valence-corrected chi connectivity index (χ3v) is 5.24. The summed E-state index contributed by atoms with van der Waals surface area (Å²) in [5.41, 5.74) is 0.812. The third-order valence-electron chi connectivity index (χ3n) is 5.24. The van der Waals surface area contributed by atoms with Crippen molar-refractivity contribution in [2.45, 2.75) is 26.9 Å². The van der Waals surface area contributed by atoms with Crippen LogP contribution in [0.4, 0.5) is 18.9 Å². The second-order valence-corrected chi connectivity index (χ2v) is 8.84. The van der Waals surface area contributed by atoms with E-state index in [2.05, 4.69) is 15.4 Å². The standard InChI is InChI=1S/C25H23F3N4O2/c1-24(2,3)23(33)30-20-13-16(8-9-18(20)25(26,27)28)21-14-32-22(29-21)11-10-19(31-32)15-6-5-7-17(12-15)34-4/h5-14H,1-4H3,(H,30,33). The summed E-state index contributed by atoms with van der Waals surface area (Å²) in [5, 5.41) is 7.00. The zero-order valence-corrected chi connectivity index (χ0v) is 19.1. The van der Waals surface area contributed by atoms with Gasteiger partial charge in [0.05, 0.1) is 35.9 Å². The highest BCUT2D eigenvalue weighted by atomic mass is 19.4. The van der Waals surface area contributed by atoms with Crippen LogP contribution in [0.3, 0.4) is 0 Å². The number of rotatable bonds is 4. The molecule has 2 aromatic heterocycles. The molecule has 0 aliphatic carbocycles. The van der Waals surface area contributed by atoms with E-state index in [1.807, 2.05) is 30.3 Å². The summed E-state index contributed by atoms with van der Waals surface area (Å²) in [4.78, 5) is 16.9. The van der Waals surface area contributed by atoms with Crippen molar-refractivity contribution in [3.8, 4) is 28.3 Å². The zero-order valence-electron chi connectivity index (χ0n) is 19.1. The zero-order chi connectivity index (χ0) is 24.7. The van der Waals surface area contributed by atoms with Gasteiger partial charge in [-0.2, -0.15) is 18.3 Å². The van der Waals surface area contributed by atoms with Gasteiger partial charge in [0, 0.05) is 16.5 Å². The summed E-state index contributed by atoms with van der Waals surface area (Å²) in [7, 11) is 1.58. The lowest BCUT2D eigenvalue weighted by molar-refractivity contribution is -0.137. The fraction of sp³-hybridized carbons (Fsp3) is 0.240. The maximum Gasteiger partial charge on any atom is 0.418 e. The van der Waals surface area contributed by atoms with Gasteiger partial charge in [-0.25, -0.2) is 9.50 Å². The van der Waals surface area contributed by atoms with Gasteiger partial charge in [-0.15, -0.1) is 0 Å². The van der Waals surface area contributed by atoms with Crippen molar-refractivity contribution in [2.24, 2.45) is 5.41 Å². The van der Waals surface area contributed by atoms with Crippen LogP contribution in [0.2, 0.25) is 0 Å². The van der Waals surface area contributed by atoms with E-state index in [-0.39, 0.29) is 5.69 Å². The predicted molar refractivity (Wildman–Crippen MR) is 123 cm³/mol. The summed E-state index contributed by atoms with van der Waals surface area (Å²) < 4.78 is 47.5. The van der Waals surface area contributed by atoms with E-state index < -0.39 is 23.1 Å². The Hall–Kier alpha value is -3.88. The molecule has 4 aromatic rings. The number of nitrogens with zero attached hydrogens (tertiary/aromatic N) is 3. The molecule has 9 heteroatoms. The van der Waals surface area contributed by atoms with Gasteiger partial charge < -0.3 is 10.1 Å². The number of ether oxygens (including phenoxy) is 1. The number of methoxy groups -OCH3 is 1. The van der Waals surface area contributed by atoms with Gasteiger partial charge in [-0.3, -0.25) is 4.79 Å². The molecule has 6 nitrogen and oxygen atoms in total. The molecule has 0 atom stereocenters. The molecule has 0 spiro atoms. The van der Waals surface area contributed by atoms with Gasteiger partial charge in [0.25, 0.3) is 0 Å². The molecule has 0 radical (unpaired) electrons. The minimum atomic E-state index is -4.62. The largest absolute Gasteiger partial charge is 0.497 e. The maximum absolute atomic E-state index is 13.6. The molecule has 0 saturated carbocycles. The number of hydrogen-bond donors (Lipinski definition) is 1. The molecule has 0 aliphatic heterocycles. The molecule has 1 amide bonds. The third kappa shape index (κ3) is 4.73. The number of carbonyl (C=O) groups excluding carboxylic acids is 1. The second kappa shape index (κ2) is 8.48. The molecule has 0 fully saturated rings. The number of aromatic nitrogens is 3. The minimum absolute atomic E-state index is 0.313. The lowest BCUT2D eigenvalue weighted by Gasteiger charge is -2.20. The van der Waals surface area contributed by atoms with Crippen LogP contribution >= 0.6 is 0 Å². The minimum Gasteiger partial charge on any atom is -0.497 e. The van der Waals surface area contributed by atoms with Crippen LogP contribution in [-0.4, -0.2) is 27.6 Å². The van der Waals surface area contributed by atoms with E-state index in [4.69, 9.17) is 4.74 Å². The quantitative estimate of drug-likeness (QED) is 0.394. The number of halogens is 3. The van der Waals surface area contributed by atoms with Crippen LogP contribution in [0.25, 0.3) is 28.2 Å². The Balaban J connectivity index is 1.74. The molecule has 1 N–H and O–H groups in total. The lowest BCUT2D eigenvalue weighted by atomic mass is 9.95. The van der Waals surface area contributed by atoms with Crippen LogP contribution in [0, 0.1) is 5.41 Å². The van der Waals surface area contributed by atoms with Crippen LogP contribution in [0.5, 0.6) is 5.75 Å². The van der Waals surface area contributed by atoms with Gasteiger partial charge in [0.2, 0.25) is 5.91 Å². The first kappa shape index (κ1) is 23.3. The molecular weight excluding hydrogens is 445 g/mol. The Morgan fingerprint density at radius 3 is 2.38 bits per heavy atom. The van der Waals surface area contributed by atoms with Crippen molar-refractivity contribution in [2.75, 3.05) is 12.4 Å². The summed E-state index contributed by atoms with van der Waals surface area (Å²) in [5.74, 6) is 0.176. The molecule has 4 rings (SSSR count). The van der Waals surface area contributed by atoms with Gasteiger partial charge in [-0.05, 0) is 36.4 Å². The molecule has 34 heavy (non-hydrogen) atoms. The van der Waals surface area contributed by atoms with E-state index in [9.17, 15) is 18.0 Å². The number of hydrogen-bond acceptors (Lipinski definition) is 4. The molecular formula is C25H23F3N4O2. The fourth-order valence-corrected chi connectivity index (χ4v) is 3.32. The van der Waals surface area contributed by atoms with Crippen LogP contribution in [0.1, 0.15) is 26.3 Å². The first-order valence-electron chi connectivity index (χ1n) is 10.5. The Morgan fingerprint density at radius 1 is 0.971 bits per heavy atom. The smallest absolute Gasteiger partial charge is 0.418 e. The Kier molecular flexibility index (Phi) is 5.80. The normalized spacial score (nSPS) is 12.1. The molecule has 0 saturated heterocycles. The molecule has 0 bridgehead atoms. The summed E-state index contributed by atoms with van der Waals surface area (Å²) in [6, 6.07) is 14.6. The first-order chi connectivity index (χ1) is 16.0. The highest BCUT2D eigenvalue weighted by molar-refractivity contribution is 5.96. The van der Waals surface area contributed by atoms with Crippen molar-refractivity contribution in [1.29, 1.82) is 0 Å². The number of carbonyl (C=O) groups is 1. The number of amides is 1. The molecule has 0 aliphatic rings. The maximum atomic E-state index is 13.6. The summed E-state index contributed by atoms with van der Waals surface area (Å²) in [6.07, 6.45) is -2.98. The number of nitrogens with one attached hydrogen (secondary N) is 1. The highest BCUT2D eigenvalue weighted by Gasteiger charge is 2.35. The van der Waals surface area contributed by atoms with E-state index in [1.165, 1.54) is 12.1 Å². The van der Waals surface area contributed by atoms with Crippen molar-refractivity contribution >= 4 is 17.2 Å². The van der Waals surface area contributed by atoms with E-state index in [0.717, 1.165) is 11.6 Å². The topological polar surface area (TPSA) is 68.5 Å². The first-order valence-corrected chi connectivity index (χ1v) is 10.5. The Morgan fingerprint density at radius 2 is 1.71 bits per heavy atom. The van der Waals surface area contributed by atoms with Crippen LogP contribution in [-0.2, 0) is 11.0 Å². The van der Waals surface area contributed by atoms with Gasteiger partial charge >= 0.3 is 6.18 Å². The van der Waals surface area contributed by atoms with Crippen LogP contribution in [0.15, 0.2) is 60.8 Å². The van der Waals surface area contributed by atoms with Crippen molar-refractivity contribution < 1.29 is 22.7 Å². The number of anilines is 1. The average molecular weight is 468 g/mol. The van der Waals surface area contributed by atoms with Crippen molar-refractivity contribution in [3.05, 3.63) is 66.4 Å². The van der Waals surface area contributed by atoms with Gasteiger partial charge in [0.1, 0.15) is 5.75 Å². The predicted octanol–water partition coefficient (Wildman–Crippen LogP) is 6.08. The second-order valence-electron chi connectivity index (χ2n) is 8.84. The van der Waals surface area contributed by atoms with Crippen molar-refractivity contribution in [1.82, 2.24) is 14.6 Å². The fourth-order valence-electron chi connectivity index (χ4n) is 3.32.